The maximum Gasteiger partial charge on any atom is 0.190 e. The molecule has 0 fully saturated rings. The minimum atomic E-state index is -2.09. The van der Waals surface area contributed by atoms with Crippen molar-refractivity contribution in [2.45, 2.75) is 4.90 Å². The first-order valence-electron chi connectivity index (χ1n) is 2.60. The van der Waals surface area contributed by atoms with Crippen LogP contribution in [0, 0.1) is 0 Å². The zero-order valence-electron chi connectivity index (χ0n) is 5.02. The lowest BCUT2D eigenvalue weighted by Gasteiger charge is -1.95. The van der Waals surface area contributed by atoms with Gasteiger partial charge in [0.1, 0.15) is 10.6 Å². The Kier molecular flexibility index (Phi) is 2.03. The number of hydrogen-bond donors (Lipinski definition) is 2. The smallest absolute Gasteiger partial charge is 0.190 e. The molecule has 1 atom stereocenters. The van der Waals surface area contributed by atoms with Crippen molar-refractivity contribution in [3.63, 3.8) is 0 Å². The second-order valence-electron chi connectivity index (χ2n) is 1.72. The highest BCUT2D eigenvalue weighted by atomic mass is 32.2. The summed E-state index contributed by atoms with van der Waals surface area (Å²) < 4.78 is 18.9. The summed E-state index contributed by atoms with van der Waals surface area (Å²) in [6, 6.07) is 5.93. The highest BCUT2D eigenvalue weighted by Crippen LogP contribution is 2.17. The van der Waals surface area contributed by atoms with E-state index in [2.05, 4.69) is 0 Å². The molecule has 0 bridgehead atoms. The second kappa shape index (κ2) is 2.81. The first kappa shape index (κ1) is 7.24. The van der Waals surface area contributed by atoms with Crippen molar-refractivity contribution in [1.82, 2.24) is 0 Å². The predicted octanol–water partition coefficient (Wildman–Crippen LogP) is 0.973. The predicted molar refractivity (Wildman–Crippen MR) is 37.1 cm³/mol. The van der Waals surface area contributed by atoms with E-state index in [0.29, 0.717) is 0 Å². The van der Waals surface area contributed by atoms with Crippen LogP contribution < -0.4 is 0 Å². The van der Waals surface area contributed by atoms with Crippen LogP contribution in [0.1, 0.15) is 0 Å². The summed E-state index contributed by atoms with van der Waals surface area (Å²) >= 11 is -2.09. The van der Waals surface area contributed by atoms with Gasteiger partial charge in [-0.3, -0.25) is 0 Å². The Hall–Kier alpha value is -0.870. The Morgan fingerprint density at radius 1 is 1.30 bits per heavy atom. The van der Waals surface area contributed by atoms with Gasteiger partial charge in [-0.15, -0.1) is 0 Å². The Bertz CT molecular complexity index is 259. The Morgan fingerprint density at radius 3 is 2.30 bits per heavy atom. The van der Waals surface area contributed by atoms with Gasteiger partial charge in [0, 0.05) is 0 Å². The summed E-state index contributed by atoms with van der Waals surface area (Å²) in [5.41, 5.74) is 0. The summed E-state index contributed by atoms with van der Waals surface area (Å²) in [4.78, 5) is 0.0440. The van der Waals surface area contributed by atoms with Crippen LogP contribution in [0.3, 0.4) is 0 Å². The van der Waals surface area contributed by atoms with Gasteiger partial charge in [0.2, 0.25) is 0 Å². The number of aromatic hydroxyl groups is 1. The van der Waals surface area contributed by atoms with E-state index in [0.717, 1.165) is 0 Å². The molecular weight excluding hydrogens is 152 g/mol. The fraction of sp³-hybridized carbons (Fsp3) is 0. The third-order valence-corrected chi connectivity index (χ3v) is 1.77. The largest absolute Gasteiger partial charge is 0.507 e. The van der Waals surface area contributed by atoms with Crippen molar-refractivity contribution in [1.29, 1.82) is 0 Å². The van der Waals surface area contributed by atoms with Gasteiger partial charge in [-0.2, -0.15) is 0 Å². The average Bonchev–Trinajstić information content (AvgIpc) is 1.88. The molecular formula is C6H6O3S. The van der Waals surface area contributed by atoms with Gasteiger partial charge in [-0.05, 0) is 12.1 Å². The van der Waals surface area contributed by atoms with E-state index in [4.69, 9.17) is 9.66 Å². The standard InChI is InChI=1S/C6H6O3S/c7-5-3-1-2-4-6(5)10(8)9/h1-4,7H,(H,8,9). The molecule has 1 aromatic carbocycles. The maximum atomic E-state index is 10.4. The topological polar surface area (TPSA) is 57.5 Å². The van der Waals surface area contributed by atoms with Crippen LogP contribution in [0.5, 0.6) is 5.75 Å². The average molecular weight is 158 g/mol. The molecule has 0 saturated carbocycles. The van der Waals surface area contributed by atoms with E-state index in [1.54, 1.807) is 12.1 Å². The third-order valence-electron chi connectivity index (χ3n) is 1.05. The number of para-hydroxylation sites is 1. The molecule has 0 aliphatic carbocycles. The molecule has 0 heterocycles. The molecule has 0 aromatic heterocycles. The first-order valence-corrected chi connectivity index (χ1v) is 3.71. The van der Waals surface area contributed by atoms with Crippen LogP contribution in [-0.4, -0.2) is 13.9 Å². The van der Waals surface area contributed by atoms with Crippen LogP contribution in [0.25, 0.3) is 0 Å². The van der Waals surface area contributed by atoms with Crippen LogP contribution in [0.15, 0.2) is 29.2 Å². The minimum Gasteiger partial charge on any atom is -0.507 e. The van der Waals surface area contributed by atoms with E-state index in [9.17, 15) is 4.21 Å². The van der Waals surface area contributed by atoms with Crippen molar-refractivity contribution < 1.29 is 13.9 Å². The SMILES string of the molecule is O=S(O)c1ccccc1O. The van der Waals surface area contributed by atoms with Gasteiger partial charge >= 0.3 is 0 Å². The van der Waals surface area contributed by atoms with Crippen molar-refractivity contribution in [3.05, 3.63) is 24.3 Å². The zero-order valence-corrected chi connectivity index (χ0v) is 5.84. The highest BCUT2D eigenvalue weighted by Gasteiger charge is 2.03. The molecule has 3 nitrogen and oxygen atoms in total. The second-order valence-corrected chi connectivity index (χ2v) is 2.66. The molecule has 1 unspecified atom stereocenters. The number of benzene rings is 1. The Labute approximate surface area is 60.6 Å². The minimum absolute atomic E-state index is 0.0440. The van der Waals surface area contributed by atoms with Crippen LogP contribution in [0.2, 0.25) is 0 Å². The van der Waals surface area contributed by atoms with E-state index in [-0.39, 0.29) is 10.6 Å². The fourth-order valence-corrected chi connectivity index (χ4v) is 1.05. The van der Waals surface area contributed by atoms with Gasteiger partial charge in [0.15, 0.2) is 11.1 Å². The molecule has 0 saturated heterocycles. The lowest BCUT2D eigenvalue weighted by atomic mass is 10.3. The molecule has 10 heavy (non-hydrogen) atoms. The van der Waals surface area contributed by atoms with Crippen molar-refractivity contribution in [2.24, 2.45) is 0 Å². The first-order chi connectivity index (χ1) is 4.72. The number of rotatable bonds is 1. The van der Waals surface area contributed by atoms with Gasteiger partial charge in [0.05, 0.1) is 0 Å². The summed E-state index contributed by atoms with van der Waals surface area (Å²) in [7, 11) is 0. The summed E-state index contributed by atoms with van der Waals surface area (Å²) in [6.07, 6.45) is 0. The lowest BCUT2D eigenvalue weighted by Crippen LogP contribution is -1.87. The van der Waals surface area contributed by atoms with E-state index in [1.165, 1.54) is 12.1 Å². The Morgan fingerprint density at radius 2 is 1.90 bits per heavy atom. The molecule has 1 aromatic rings. The summed E-state index contributed by atoms with van der Waals surface area (Å²) in [5.74, 6) is -0.150. The highest BCUT2D eigenvalue weighted by molar-refractivity contribution is 7.79. The van der Waals surface area contributed by atoms with Crippen LogP contribution >= 0.6 is 0 Å². The Balaban J connectivity index is 3.15. The normalized spacial score (nSPS) is 12.9. The zero-order chi connectivity index (χ0) is 7.56. The molecule has 0 aliphatic rings. The van der Waals surface area contributed by atoms with Crippen LogP contribution in [0.4, 0.5) is 0 Å². The molecule has 54 valence electrons. The van der Waals surface area contributed by atoms with Crippen molar-refractivity contribution in [3.8, 4) is 5.75 Å². The number of hydrogen-bond acceptors (Lipinski definition) is 2. The van der Waals surface area contributed by atoms with Crippen molar-refractivity contribution in [2.75, 3.05) is 0 Å². The molecule has 4 heteroatoms. The van der Waals surface area contributed by atoms with E-state index in [1.807, 2.05) is 0 Å². The molecule has 2 N–H and O–H groups in total. The fourth-order valence-electron chi connectivity index (χ4n) is 0.605. The number of phenols is 1. The monoisotopic (exact) mass is 158 g/mol. The van der Waals surface area contributed by atoms with Gasteiger partial charge in [-0.1, -0.05) is 12.1 Å². The van der Waals surface area contributed by atoms with Gasteiger partial charge in [-0.25, -0.2) is 4.21 Å². The molecule has 0 radical (unpaired) electrons. The van der Waals surface area contributed by atoms with Crippen molar-refractivity contribution >= 4 is 11.1 Å². The van der Waals surface area contributed by atoms with E-state index < -0.39 is 11.1 Å². The molecule has 1 rings (SSSR count). The van der Waals surface area contributed by atoms with Gasteiger partial charge < -0.3 is 9.66 Å². The van der Waals surface area contributed by atoms with Gasteiger partial charge in [0.25, 0.3) is 0 Å². The lowest BCUT2D eigenvalue weighted by molar-refractivity contribution is 0.457. The molecule has 0 amide bonds. The summed E-state index contributed by atoms with van der Waals surface area (Å²) in [5, 5.41) is 8.93. The maximum absolute atomic E-state index is 10.4. The third kappa shape index (κ3) is 1.34. The molecule has 0 aliphatic heterocycles. The van der Waals surface area contributed by atoms with E-state index >= 15 is 0 Å². The summed E-state index contributed by atoms with van der Waals surface area (Å²) in [6.45, 7) is 0. The number of phenolic OH excluding ortho intramolecular Hbond substituents is 1. The van der Waals surface area contributed by atoms with Crippen LogP contribution in [-0.2, 0) is 11.1 Å². The quantitative estimate of drug-likeness (QED) is 0.599. The molecule has 0 spiro atoms.